The lowest BCUT2D eigenvalue weighted by atomic mass is 9.86. The summed E-state index contributed by atoms with van der Waals surface area (Å²) in [5.41, 5.74) is -1.53. The molecule has 0 amide bonds. The summed E-state index contributed by atoms with van der Waals surface area (Å²) < 4.78 is 0. The van der Waals surface area contributed by atoms with Crippen molar-refractivity contribution in [1.82, 2.24) is 4.98 Å². The topological polar surface area (TPSA) is 57.2 Å². The van der Waals surface area contributed by atoms with Crippen molar-refractivity contribution >= 4 is 34.8 Å². The van der Waals surface area contributed by atoms with Gasteiger partial charge < -0.3 is 15.7 Å². The number of rotatable bonds is 5. The molecule has 0 bridgehead atoms. The molecule has 0 spiro atoms. The summed E-state index contributed by atoms with van der Waals surface area (Å²) in [7, 11) is 0. The van der Waals surface area contributed by atoms with E-state index in [2.05, 4.69) is 15.6 Å². The number of nitrogens with one attached hydrogen (secondary N) is 2. The van der Waals surface area contributed by atoms with Crippen LogP contribution in [0, 0.1) is 0 Å². The molecule has 0 saturated heterocycles. The molecule has 108 valence electrons. The average molecular weight is 306 g/mol. The third kappa shape index (κ3) is 3.88. The zero-order valence-corrected chi connectivity index (χ0v) is 13.4. The maximum Gasteiger partial charge on any atom is 0.147 e. The van der Waals surface area contributed by atoms with E-state index in [4.69, 9.17) is 23.2 Å². The summed E-state index contributed by atoms with van der Waals surface area (Å²) in [5.74, 6) is 1.07. The maximum absolute atomic E-state index is 10.1. The number of aliphatic hydroxyl groups is 1. The Morgan fingerprint density at radius 1 is 1.16 bits per heavy atom. The first-order valence-corrected chi connectivity index (χ1v) is 6.94. The normalized spacial score (nSPS) is 12.4. The molecule has 0 aromatic carbocycles. The van der Waals surface area contributed by atoms with Crippen LogP contribution in [0.2, 0.25) is 10.0 Å². The minimum absolute atomic E-state index is 0.420. The molecule has 4 nitrogen and oxygen atoms in total. The Labute approximate surface area is 124 Å². The Bertz CT molecular complexity index is 456. The second kappa shape index (κ2) is 5.73. The standard InChI is InChI=1S/C13H21Cl2N3O/c1-6-16-10-8(14)7-9(15)11(17-10)18-12(2,3)13(4,5)19/h7,19H,6H2,1-5H3,(H2,16,17,18). The van der Waals surface area contributed by atoms with Gasteiger partial charge >= 0.3 is 0 Å². The van der Waals surface area contributed by atoms with Gasteiger partial charge in [0.1, 0.15) is 11.6 Å². The second-order valence-corrected chi connectivity index (χ2v) is 6.30. The third-order valence-electron chi connectivity index (χ3n) is 3.23. The van der Waals surface area contributed by atoms with E-state index in [1.54, 1.807) is 19.9 Å². The molecule has 1 heterocycles. The van der Waals surface area contributed by atoms with Gasteiger partial charge in [0.25, 0.3) is 0 Å². The molecule has 0 fully saturated rings. The Kier molecular flexibility index (Phi) is 4.93. The molecule has 1 aromatic rings. The fourth-order valence-corrected chi connectivity index (χ4v) is 1.77. The van der Waals surface area contributed by atoms with Crippen LogP contribution in [0.5, 0.6) is 0 Å². The number of nitrogens with zero attached hydrogens (tertiary/aromatic N) is 1. The highest BCUT2D eigenvalue weighted by Gasteiger charge is 2.35. The first kappa shape index (κ1) is 16.3. The van der Waals surface area contributed by atoms with Crippen LogP contribution in [0.15, 0.2) is 6.07 Å². The highest BCUT2D eigenvalue weighted by Crippen LogP contribution is 2.33. The molecule has 0 aliphatic rings. The van der Waals surface area contributed by atoms with Crippen LogP contribution in [0.1, 0.15) is 34.6 Å². The SMILES string of the molecule is CCNc1nc(NC(C)(C)C(C)(C)O)c(Cl)cc1Cl. The number of anilines is 2. The Morgan fingerprint density at radius 3 is 2.16 bits per heavy atom. The highest BCUT2D eigenvalue weighted by molar-refractivity contribution is 6.37. The van der Waals surface area contributed by atoms with E-state index in [1.165, 1.54) is 0 Å². The van der Waals surface area contributed by atoms with E-state index >= 15 is 0 Å². The van der Waals surface area contributed by atoms with Gasteiger partial charge in [0.2, 0.25) is 0 Å². The highest BCUT2D eigenvalue weighted by atomic mass is 35.5. The molecular formula is C13H21Cl2N3O. The lowest BCUT2D eigenvalue weighted by molar-refractivity contribution is 0.0239. The average Bonchev–Trinajstić information content (AvgIpc) is 2.23. The molecule has 0 radical (unpaired) electrons. The monoisotopic (exact) mass is 305 g/mol. The molecular weight excluding hydrogens is 285 g/mol. The van der Waals surface area contributed by atoms with E-state index in [0.717, 1.165) is 0 Å². The molecule has 0 aliphatic carbocycles. The fraction of sp³-hybridized carbons (Fsp3) is 0.615. The summed E-state index contributed by atoms with van der Waals surface area (Å²) >= 11 is 12.2. The summed E-state index contributed by atoms with van der Waals surface area (Å²) in [4.78, 5) is 4.36. The van der Waals surface area contributed by atoms with Crippen molar-refractivity contribution in [2.45, 2.75) is 45.8 Å². The van der Waals surface area contributed by atoms with Crippen molar-refractivity contribution in [1.29, 1.82) is 0 Å². The Morgan fingerprint density at radius 2 is 1.68 bits per heavy atom. The maximum atomic E-state index is 10.1. The molecule has 19 heavy (non-hydrogen) atoms. The minimum atomic E-state index is -0.935. The predicted octanol–water partition coefficient (Wildman–Crippen LogP) is 3.78. The Hall–Kier alpha value is -0.710. The summed E-state index contributed by atoms with van der Waals surface area (Å²) in [6.45, 7) is 9.90. The van der Waals surface area contributed by atoms with Crippen LogP contribution in [-0.2, 0) is 0 Å². The van der Waals surface area contributed by atoms with E-state index in [1.807, 2.05) is 20.8 Å². The van der Waals surface area contributed by atoms with Gasteiger partial charge in [0.15, 0.2) is 0 Å². The number of halogens is 2. The number of aromatic nitrogens is 1. The molecule has 3 N–H and O–H groups in total. The van der Waals surface area contributed by atoms with E-state index in [9.17, 15) is 5.11 Å². The van der Waals surface area contributed by atoms with Crippen molar-refractivity contribution in [2.75, 3.05) is 17.2 Å². The second-order valence-electron chi connectivity index (χ2n) is 5.49. The molecule has 6 heteroatoms. The molecule has 0 aliphatic heterocycles. The van der Waals surface area contributed by atoms with E-state index in [-0.39, 0.29) is 0 Å². The lowest BCUT2D eigenvalue weighted by Gasteiger charge is -2.38. The summed E-state index contributed by atoms with van der Waals surface area (Å²) in [6, 6.07) is 1.64. The number of hydrogen-bond donors (Lipinski definition) is 3. The van der Waals surface area contributed by atoms with Crippen LogP contribution < -0.4 is 10.6 Å². The summed E-state index contributed by atoms with van der Waals surface area (Å²) in [6.07, 6.45) is 0. The van der Waals surface area contributed by atoms with Crippen LogP contribution in [-0.4, -0.2) is 27.8 Å². The van der Waals surface area contributed by atoms with Gasteiger partial charge in [-0.1, -0.05) is 23.2 Å². The van der Waals surface area contributed by atoms with Gasteiger partial charge in [0.05, 0.1) is 21.2 Å². The van der Waals surface area contributed by atoms with Crippen molar-refractivity contribution in [2.24, 2.45) is 0 Å². The van der Waals surface area contributed by atoms with Crippen LogP contribution in [0.4, 0.5) is 11.6 Å². The first-order chi connectivity index (χ1) is 8.58. The van der Waals surface area contributed by atoms with Gasteiger partial charge in [-0.2, -0.15) is 0 Å². The first-order valence-electron chi connectivity index (χ1n) is 6.19. The molecule has 0 atom stereocenters. The fourth-order valence-electron chi connectivity index (χ4n) is 1.29. The molecule has 0 saturated carbocycles. The number of pyridine rings is 1. The minimum Gasteiger partial charge on any atom is -0.388 e. The van der Waals surface area contributed by atoms with Crippen molar-refractivity contribution in [3.8, 4) is 0 Å². The smallest absolute Gasteiger partial charge is 0.147 e. The quantitative estimate of drug-likeness (QED) is 0.775. The van der Waals surface area contributed by atoms with Gasteiger partial charge in [-0.05, 0) is 40.7 Å². The van der Waals surface area contributed by atoms with Crippen molar-refractivity contribution in [3.63, 3.8) is 0 Å². The zero-order chi connectivity index (χ0) is 14.8. The van der Waals surface area contributed by atoms with E-state index in [0.29, 0.717) is 28.2 Å². The van der Waals surface area contributed by atoms with Gasteiger partial charge in [-0.15, -0.1) is 0 Å². The largest absolute Gasteiger partial charge is 0.388 e. The third-order valence-corrected chi connectivity index (χ3v) is 3.81. The number of hydrogen-bond acceptors (Lipinski definition) is 4. The van der Waals surface area contributed by atoms with Crippen LogP contribution in [0.25, 0.3) is 0 Å². The van der Waals surface area contributed by atoms with Crippen LogP contribution in [0.3, 0.4) is 0 Å². The summed E-state index contributed by atoms with van der Waals surface area (Å²) in [5, 5.41) is 17.3. The van der Waals surface area contributed by atoms with Gasteiger partial charge in [-0.3, -0.25) is 0 Å². The van der Waals surface area contributed by atoms with Crippen molar-refractivity contribution < 1.29 is 5.11 Å². The van der Waals surface area contributed by atoms with Gasteiger partial charge in [0, 0.05) is 6.54 Å². The Balaban J connectivity index is 3.11. The van der Waals surface area contributed by atoms with Crippen molar-refractivity contribution in [3.05, 3.63) is 16.1 Å². The predicted molar refractivity (Wildman–Crippen MR) is 82.4 cm³/mol. The lowest BCUT2D eigenvalue weighted by Crippen LogP contribution is -2.51. The molecule has 1 rings (SSSR count). The van der Waals surface area contributed by atoms with Gasteiger partial charge in [-0.25, -0.2) is 4.98 Å². The molecule has 1 aromatic heterocycles. The van der Waals surface area contributed by atoms with E-state index < -0.39 is 11.1 Å². The zero-order valence-electron chi connectivity index (χ0n) is 11.9. The molecule has 0 unspecified atom stereocenters. The van der Waals surface area contributed by atoms with Crippen LogP contribution >= 0.6 is 23.2 Å².